The monoisotopic (exact) mass is 661 g/mol. The number of fused-ring (bicyclic) bond motifs is 4. The van der Waals surface area contributed by atoms with Crippen molar-refractivity contribution in [3.63, 3.8) is 0 Å². The molecule has 1 aliphatic heterocycles. The summed E-state index contributed by atoms with van der Waals surface area (Å²) in [5.41, 5.74) is 5.01. The number of hydrogen-bond acceptors (Lipinski definition) is 6. The van der Waals surface area contributed by atoms with Crippen LogP contribution in [0.3, 0.4) is 0 Å². The van der Waals surface area contributed by atoms with E-state index < -0.39 is 15.6 Å². The highest BCUT2D eigenvalue weighted by atomic mass is 32.2. The van der Waals surface area contributed by atoms with Gasteiger partial charge in [-0.1, -0.05) is 71.4 Å². The highest BCUT2D eigenvalue weighted by Gasteiger charge is 2.49. The van der Waals surface area contributed by atoms with E-state index in [0.29, 0.717) is 24.1 Å². The first kappa shape index (κ1) is 35.3. The topological polar surface area (TPSA) is 101 Å². The maximum absolute atomic E-state index is 13.9. The molecule has 2 heterocycles. The Morgan fingerprint density at radius 1 is 1.02 bits per heavy atom. The molecule has 256 valence electrons. The molecule has 3 aromatic rings. The normalized spacial score (nSPS) is 25.0. The fourth-order valence-electron chi connectivity index (χ4n) is 8.40. The fraction of sp³-hybridized carbons (Fsp3) is 0.590. The Hall–Kier alpha value is -2.97. The number of aryl methyl sites for hydroxylation is 2. The number of aliphatic hydroxyl groups is 1. The molecular weight excluding hydrogens is 607 g/mol. The van der Waals surface area contributed by atoms with E-state index in [1.807, 2.05) is 65.0 Å². The van der Waals surface area contributed by atoms with Crippen LogP contribution >= 0.6 is 0 Å². The van der Waals surface area contributed by atoms with E-state index in [1.165, 1.54) is 0 Å². The quantitative estimate of drug-likeness (QED) is 0.262. The van der Waals surface area contributed by atoms with Crippen LogP contribution in [0.2, 0.25) is 0 Å². The van der Waals surface area contributed by atoms with Gasteiger partial charge in [0.05, 0.1) is 22.8 Å². The Bertz CT molecular complexity index is 1690. The van der Waals surface area contributed by atoms with E-state index in [9.17, 15) is 13.5 Å². The largest absolute Gasteiger partial charge is 0.477 e. The molecule has 1 fully saturated rings. The lowest BCUT2D eigenvalue weighted by molar-refractivity contribution is -0.0971. The molecule has 8 heteroatoms. The van der Waals surface area contributed by atoms with Gasteiger partial charge in [-0.05, 0) is 118 Å². The van der Waals surface area contributed by atoms with Gasteiger partial charge in [0.2, 0.25) is 11.8 Å². The lowest BCUT2D eigenvalue weighted by Gasteiger charge is -2.54. The molecule has 2 aromatic carbocycles. The van der Waals surface area contributed by atoms with Gasteiger partial charge in [0, 0.05) is 17.0 Å². The third-order valence-electron chi connectivity index (χ3n) is 10.9. The Balaban J connectivity index is 1.63. The van der Waals surface area contributed by atoms with Crippen molar-refractivity contribution in [3.05, 3.63) is 64.7 Å². The van der Waals surface area contributed by atoms with Crippen LogP contribution in [0, 0.1) is 49.4 Å². The average Bonchev–Trinajstić information content (AvgIpc) is 2.93. The van der Waals surface area contributed by atoms with E-state index in [0.717, 1.165) is 59.9 Å². The number of benzene rings is 2. The van der Waals surface area contributed by atoms with Gasteiger partial charge in [-0.25, -0.2) is 18.1 Å². The zero-order valence-electron chi connectivity index (χ0n) is 30.1. The van der Waals surface area contributed by atoms with Gasteiger partial charge >= 0.3 is 0 Å². The highest BCUT2D eigenvalue weighted by Crippen LogP contribution is 2.57. The number of ether oxygens (including phenoxy) is 1. The molecule has 2 N–H and O–H groups in total. The first-order valence-electron chi connectivity index (χ1n) is 17.3. The Kier molecular flexibility index (Phi) is 9.63. The SMILES string of the molecule is CCC1(C[C@H](C)C2c3cccc(c3)S(=O)(=O)Nc3nc(c(C)c(-c4c(C)cccc4C)n3)OC[C@H]2CC(C)(C)C)CC(C(C)(C)O)C1. The number of anilines is 1. The van der Waals surface area contributed by atoms with E-state index in [4.69, 9.17) is 9.72 Å². The van der Waals surface area contributed by atoms with Crippen molar-refractivity contribution in [2.75, 3.05) is 11.3 Å². The predicted molar refractivity (Wildman–Crippen MR) is 190 cm³/mol. The average molecular weight is 662 g/mol. The molecule has 1 aliphatic carbocycles. The summed E-state index contributed by atoms with van der Waals surface area (Å²) in [7, 11) is -4.00. The molecule has 2 aliphatic rings. The first-order chi connectivity index (χ1) is 21.8. The predicted octanol–water partition coefficient (Wildman–Crippen LogP) is 9.00. The van der Waals surface area contributed by atoms with Crippen molar-refractivity contribution in [2.24, 2.45) is 28.6 Å². The van der Waals surface area contributed by atoms with Crippen molar-refractivity contribution < 1.29 is 18.3 Å². The summed E-state index contributed by atoms with van der Waals surface area (Å²) in [5, 5.41) is 10.7. The minimum Gasteiger partial charge on any atom is -0.477 e. The van der Waals surface area contributed by atoms with Crippen molar-refractivity contribution in [3.8, 4) is 17.1 Å². The first-order valence-corrected chi connectivity index (χ1v) is 18.7. The van der Waals surface area contributed by atoms with Crippen molar-refractivity contribution >= 4 is 16.0 Å². The molecule has 3 atom stereocenters. The van der Waals surface area contributed by atoms with Crippen molar-refractivity contribution in [2.45, 2.75) is 118 Å². The van der Waals surface area contributed by atoms with Crippen LogP contribution in [0.25, 0.3) is 11.3 Å². The number of nitrogens with one attached hydrogen (secondary N) is 1. The Morgan fingerprint density at radius 3 is 2.26 bits per heavy atom. The Morgan fingerprint density at radius 2 is 1.66 bits per heavy atom. The summed E-state index contributed by atoms with van der Waals surface area (Å²) in [5.74, 6) is 1.09. The molecular formula is C39H55N3O4S. The molecule has 5 rings (SSSR count). The van der Waals surface area contributed by atoms with Gasteiger partial charge in [0.15, 0.2) is 0 Å². The second kappa shape index (κ2) is 12.8. The van der Waals surface area contributed by atoms with Gasteiger partial charge in [0.1, 0.15) is 0 Å². The fourth-order valence-corrected chi connectivity index (χ4v) is 9.40. The molecule has 0 spiro atoms. The standard InChI is InChI=1S/C39H55N3O4S/c1-11-39(21-30(22-39)38(9,10)43)19-26(4)33-28-16-13-17-31(18-28)47(44,45)42-36-40-34(32-24(2)14-12-15-25(32)3)27(5)35(41-36)46-23-29(33)20-37(6,7)8/h12-18,26,29-30,33,43H,11,19-23H2,1-10H3,(H,40,41,42)/t26-,29+,30?,33?,39?/m0/s1. The van der Waals surface area contributed by atoms with Gasteiger partial charge in [0.25, 0.3) is 10.0 Å². The smallest absolute Gasteiger partial charge is 0.264 e. The van der Waals surface area contributed by atoms with Crippen LogP contribution in [0.4, 0.5) is 5.95 Å². The molecule has 1 unspecified atom stereocenters. The molecule has 1 aromatic heterocycles. The van der Waals surface area contributed by atoms with E-state index in [-0.39, 0.29) is 39.4 Å². The van der Waals surface area contributed by atoms with E-state index in [2.05, 4.69) is 50.4 Å². The summed E-state index contributed by atoms with van der Waals surface area (Å²) < 4.78 is 37.3. The molecule has 0 radical (unpaired) electrons. The molecule has 7 nitrogen and oxygen atoms in total. The number of rotatable bonds is 7. The summed E-state index contributed by atoms with van der Waals surface area (Å²) in [6.07, 6.45) is 4.96. The summed E-state index contributed by atoms with van der Waals surface area (Å²) in [6.45, 7) is 21.7. The minimum absolute atomic E-state index is 0.00255. The van der Waals surface area contributed by atoms with Gasteiger partial charge in [-0.3, -0.25) is 0 Å². The van der Waals surface area contributed by atoms with Crippen LogP contribution in [0.5, 0.6) is 5.88 Å². The highest BCUT2D eigenvalue weighted by molar-refractivity contribution is 7.92. The molecule has 0 amide bonds. The van der Waals surface area contributed by atoms with Gasteiger partial charge in [-0.15, -0.1) is 0 Å². The molecule has 1 saturated carbocycles. The maximum atomic E-state index is 13.9. The lowest BCUT2D eigenvalue weighted by atomic mass is 9.52. The summed E-state index contributed by atoms with van der Waals surface area (Å²) in [6, 6.07) is 13.5. The van der Waals surface area contributed by atoms with Crippen molar-refractivity contribution in [1.29, 1.82) is 0 Å². The zero-order chi connectivity index (χ0) is 34.5. The second-order valence-electron chi connectivity index (χ2n) is 16.4. The molecule has 47 heavy (non-hydrogen) atoms. The number of hydrogen-bond donors (Lipinski definition) is 2. The van der Waals surface area contributed by atoms with Crippen LogP contribution < -0.4 is 9.46 Å². The summed E-state index contributed by atoms with van der Waals surface area (Å²) >= 11 is 0. The number of nitrogens with zero attached hydrogens (tertiary/aromatic N) is 2. The Labute approximate surface area is 283 Å². The molecule has 4 bridgehead atoms. The van der Waals surface area contributed by atoms with E-state index >= 15 is 0 Å². The van der Waals surface area contributed by atoms with Crippen LogP contribution in [0.15, 0.2) is 47.4 Å². The maximum Gasteiger partial charge on any atom is 0.264 e. The number of aromatic nitrogens is 2. The van der Waals surface area contributed by atoms with Gasteiger partial charge < -0.3 is 9.84 Å². The third-order valence-corrected chi connectivity index (χ3v) is 12.2. The van der Waals surface area contributed by atoms with Crippen LogP contribution in [-0.2, 0) is 10.0 Å². The minimum atomic E-state index is -4.00. The van der Waals surface area contributed by atoms with E-state index in [1.54, 1.807) is 6.07 Å². The van der Waals surface area contributed by atoms with Gasteiger partial charge in [-0.2, -0.15) is 4.98 Å². The van der Waals surface area contributed by atoms with Crippen LogP contribution in [-0.4, -0.2) is 35.7 Å². The van der Waals surface area contributed by atoms with Crippen LogP contribution in [0.1, 0.15) is 109 Å². The third kappa shape index (κ3) is 7.54. The molecule has 0 saturated heterocycles. The second-order valence-corrected chi connectivity index (χ2v) is 18.1. The lowest BCUT2D eigenvalue weighted by Crippen LogP contribution is -2.48. The zero-order valence-corrected chi connectivity index (χ0v) is 30.9. The number of sulfonamides is 1. The van der Waals surface area contributed by atoms with Crippen molar-refractivity contribution in [1.82, 2.24) is 9.97 Å². The summed E-state index contributed by atoms with van der Waals surface area (Å²) in [4.78, 5) is 9.64.